The van der Waals surface area contributed by atoms with Gasteiger partial charge in [-0.25, -0.2) is 9.97 Å². The highest BCUT2D eigenvalue weighted by atomic mass is 16.2. The lowest BCUT2D eigenvalue weighted by Gasteiger charge is -2.30. The number of aromatic nitrogens is 2. The van der Waals surface area contributed by atoms with Gasteiger partial charge >= 0.3 is 0 Å². The molecule has 3 heterocycles. The molecule has 2 aromatic rings. The molecule has 1 amide bonds. The van der Waals surface area contributed by atoms with Gasteiger partial charge in [-0.1, -0.05) is 24.3 Å². The fourth-order valence-corrected chi connectivity index (χ4v) is 3.59. The van der Waals surface area contributed by atoms with Gasteiger partial charge in [-0.05, 0) is 36.8 Å². The van der Waals surface area contributed by atoms with E-state index < -0.39 is 0 Å². The average Bonchev–Trinajstić information content (AvgIpc) is 2.68. The Morgan fingerprint density at radius 1 is 0.958 bits per heavy atom. The second kappa shape index (κ2) is 6.59. The van der Waals surface area contributed by atoms with Crippen molar-refractivity contribution in [1.82, 2.24) is 14.9 Å². The van der Waals surface area contributed by atoms with Crippen LogP contribution in [0.15, 0.2) is 36.7 Å². The van der Waals surface area contributed by atoms with Crippen LogP contribution in [0.2, 0.25) is 0 Å². The van der Waals surface area contributed by atoms with Crippen LogP contribution in [0, 0.1) is 0 Å². The molecule has 0 unspecified atom stereocenters. The Balaban J connectivity index is 1.52. The number of amides is 1. The number of hydrogen-bond donors (Lipinski definition) is 0. The van der Waals surface area contributed by atoms with E-state index in [9.17, 15) is 4.79 Å². The molecule has 1 saturated heterocycles. The van der Waals surface area contributed by atoms with Crippen LogP contribution >= 0.6 is 0 Å². The van der Waals surface area contributed by atoms with Crippen LogP contribution in [-0.2, 0) is 13.0 Å². The van der Waals surface area contributed by atoms with E-state index in [1.165, 1.54) is 36.7 Å². The van der Waals surface area contributed by atoms with E-state index in [0.717, 1.165) is 31.9 Å². The van der Waals surface area contributed by atoms with Crippen LogP contribution in [0.5, 0.6) is 0 Å². The average molecular weight is 322 g/mol. The number of piperidine rings is 1. The quantitative estimate of drug-likeness (QED) is 0.853. The number of nitrogens with zero attached hydrogens (tertiary/aromatic N) is 4. The van der Waals surface area contributed by atoms with Gasteiger partial charge in [-0.2, -0.15) is 0 Å². The molecule has 1 aromatic carbocycles. The standard InChI is InChI=1S/C19H22N4O/c24-19(23-11-8-15-6-2-3-7-16(15)13-23)17-12-18(21-14-20-17)22-9-4-1-5-10-22/h2-3,6-7,12,14H,1,4-5,8-11,13H2. The van der Waals surface area contributed by atoms with Crippen LogP contribution in [0.1, 0.15) is 40.9 Å². The molecule has 5 nitrogen and oxygen atoms in total. The third kappa shape index (κ3) is 2.98. The van der Waals surface area contributed by atoms with Crippen molar-refractivity contribution in [2.75, 3.05) is 24.5 Å². The van der Waals surface area contributed by atoms with Crippen molar-refractivity contribution in [1.29, 1.82) is 0 Å². The summed E-state index contributed by atoms with van der Waals surface area (Å²) in [5.41, 5.74) is 3.09. The van der Waals surface area contributed by atoms with E-state index in [4.69, 9.17) is 0 Å². The molecule has 24 heavy (non-hydrogen) atoms. The topological polar surface area (TPSA) is 49.3 Å². The van der Waals surface area contributed by atoms with Crippen molar-refractivity contribution < 1.29 is 4.79 Å². The van der Waals surface area contributed by atoms with Crippen LogP contribution in [-0.4, -0.2) is 40.4 Å². The van der Waals surface area contributed by atoms with Gasteiger partial charge in [0.25, 0.3) is 5.91 Å². The molecule has 124 valence electrons. The summed E-state index contributed by atoms with van der Waals surface area (Å²) in [6, 6.07) is 10.2. The molecule has 0 aliphatic carbocycles. The van der Waals surface area contributed by atoms with Crippen molar-refractivity contribution in [3.05, 3.63) is 53.5 Å². The summed E-state index contributed by atoms with van der Waals surface area (Å²) in [5, 5.41) is 0. The molecular formula is C19H22N4O. The number of rotatable bonds is 2. The Labute approximate surface area is 142 Å². The minimum atomic E-state index is 0.00478. The number of carbonyl (C=O) groups is 1. The van der Waals surface area contributed by atoms with Crippen molar-refractivity contribution in [2.45, 2.75) is 32.2 Å². The maximum Gasteiger partial charge on any atom is 0.272 e. The lowest BCUT2D eigenvalue weighted by atomic mass is 10.00. The molecule has 0 radical (unpaired) electrons. The van der Waals surface area contributed by atoms with Crippen LogP contribution in [0.3, 0.4) is 0 Å². The molecule has 0 N–H and O–H groups in total. The van der Waals surface area contributed by atoms with Gasteiger partial charge in [0.2, 0.25) is 0 Å². The lowest BCUT2D eigenvalue weighted by molar-refractivity contribution is 0.0728. The number of carbonyl (C=O) groups excluding carboxylic acids is 1. The SMILES string of the molecule is O=C(c1cc(N2CCCCC2)ncn1)N1CCc2ccccc2C1. The van der Waals surface area contributed by atoms with Gasteiger partial charge in [-0.15, -0.1) is 0 Å². The van der Waals surface area contributed by atoms with Gasteiger partial charge in [0, 0.05) is 32.2 Å². The van der Waals surface area contributed by atoms with Gasteiger partial charge in [0.15, 0.2) is 0 Å². The zero-order chi connectivity index (χ0) is 16.4. The van der Waals surface area contributed by atoms with E-state index in [2.05, 4.69) is 33.1 Å². The first-order valence-corrected chi connectivity index (χ1v) is 8.74. The molecule has 1 aromatic heterocycles. The summed E-state index contributed by atoms with van der Waals surface area (Å²) in [4.78, 5) is 25.6. The predicted octanol–water partition coefficient (Wildman–Crippen LogP) is 2.67. The van der Waals surface area contributed by atoms with E-state index in [1.54, 1.807) is 0 Å². The summed E-state index contributed by atoms with van der Waals surface area (Å²) >= 11 is 0. The van der Waals surface area contributed by atoms with E-state index in [-0.39, 0.29) is 5.91 Å². The second-order valence-electron chi connectivity index (χ2n) is 6.55. The Bertz CT molecular complexity index is 740. The zero-order valence-electron chi connectivity index (χ0n) is 13.8. The number of anilines is 1. The van der Waals surface area contributed by atoms with Gasteiger partial charge < -0.3 is 9.80 Å². The molecule has 1 fully saturated rings. The lowest BCUT2D eigenvalue weighted by Crippen LogP contribution is -2.36. The Kier molecular flexibility index (Phi) is 4.15. The third-order valence-corrected chi connectivity index (χ3v) is 4.97. The maximum atomic E-state index is 12.9. The monoisotopic (exact) mass is 322 g/mol. The molecular weight excluding hydrogens is 300 g/mol. The second-order valence-corrected chi connectivity index (χ2v) is 6.55. The first-order valence-electron chi connectivity index (χ1n) is 8.74. The normalized spacial score (nSPS) is 17.5. The fraction of sp³-hybridized carbons (Fsp3) is 0.421. The zero-order valence-corrected chi connectivity index (χ0v) is 13.8. The van der Waals surface area contributed by atoms with Crippen molar-refractivity contribution in [2.24, 2.45) is 0 Å². The summed E-state index contributed by atoms with van der Waals surface area (Å²) < 4.78 is 0. The molecule has 2 aliphatic rings. The third-order valence-electron chi connectivity index (χ3n) is 4.97. The highest BCUT2D eigenvalue weighted by Crippen LogP contribution is 2.22. The fourth-order valence-electron chi connectivity index (χ4n) is 3.59. The molecule has 0 atom stereocenters. The van der Waals surface area contributed by atoms with E-state index >= 15 is 0 Å². The molecule has 0 saturated carbocycles. The van der Waals surface area contributed by atoms with Crippen LogP contribution < -0.4 is 4.90 Å². The van der Waals surface area contributed by atoms with Crippen LogP contribution in [0.25, 0.3) is 0 Å². The highest BCUT2D eigenvalue weighted by molar-refractivity contribution is 5.93. The van der Waals surface area contributed by atoms with Gasteiger partial charge in [0.1, 0.15) is 17.8 Å². The number of benzene rings is 1. The predicted molar refractivity (Wildman–Crippen MR) is 93.0 cm³/mol. The smallest absolute Gasteiger partial charge is 0.272 e. The van der Waals surface area contributed by atoms with E-state index in [1.807, 2.05) is 17.0 Å². The minimum absolute atomic E-state index is 0.00478. The first-order chi connectivity index (χ1) is 11.8. The Morgan fingerprint density at radius 3 is 2.58 bits per heavy atom. The van der Waals surface area contributed by atoms with Gasteiger partial charge in [0.05, 0.1) is 0 Å². The largest absolute Gasteiger partial charge is 0.357 e. The first kappa shape index (κ1) is 15.1. The van der Waals surface area contributed by atoms with Crippen molar-refractivity contribution in [3.8, 4) is 0 Å². The van der Waals surface area contributed by atoms with Crippen LogP contribution in [0.4, 0.5) is 5.82 Å². The maximum absolute atomic E-state index is 12.9. The van der Waals surface area contributed by atoms with Gasteiger partial charge in [-0.3, -0.25) is 4.79 Å². The summed E-state index contributed by atoms with van der Waals surface area (Å²) in [7, 11) is 0. The van der Waals surface area contributed by atoms with E-state index in [0.29, 0.717) is 12.2 Å². The Morgan fingerprint density at radius 2 is 1.75 bits per heavy atom. The molecule has 0 bridgehead atoms. The summed E-state index contributed by atoms with van der Waals surface area (Å²) in [6.45, 7) is 3.44. The Hall–Kier alpha value is -2.43. The highest BCUT2D eigenvalue weighted by Gasteiger charge is 2.23. The van der Waals surface area contributed by atoms with Crippen molar-refractivity contribution >= 4 is 11.7 Å². The molecule has 0 spiro atoms. The van der Waals surface area contributed by atoms with Crippen molar-refractivity contribution in [3.63, 3.8) is 0 Å². The number of hydrogen-bond acceptors (Lipinski definition) is 4. The number of fused-ring (bicyclic) bond motifs is 1. The molecule has 2 aliphatic heterocycles. The molecule has 4 rings (SSSR count). The summed E-state index contributed by atoms with van der Waals surface area (Å²) in [5.74, 6) is 0.885. The minimum Gasteiger partial charge on any atom is -0.357 e. The summed E-state index contributed by atoms with van der Waals surface area (Å²) in [6.07, 6.45) is 6.09. The molecule has 5 heteroatoms.